The van der Waals surface area contributed by atoms with Gasteiger partial charge in [0.2, 0.25) is 5.91 Å². The van der Waals surface area contributed by atoms with E-state index in [0.717, 1.165) is 17.5 Å². The number of amides is 2. The normalized spacial score (nSPS) is 16.3. The Labute approximate surface area is 176 Å². The van der Waals surface area contributed by atoms with Crippen LogP contribution in [0.15, 0.2) is 42.6 Å². The lowest BCUT2D eigenvalue weighted by Gasteiger charge is -2.26. The van der Waals surface area contributed by atoms with Crippen LogP contribution in [0.25, 0.3) is 11.1 Å². The highest BCUT2D eigenvalue weighted by molar-refractivity contribution is 6.05. The number of pyridine rings is 1. The van der Waals surface area contributed by atoms with Gasteiger partial charge in [-0.2, -0.15) is 0 Å². The van der Waals surface area contributed by atoms with Gasteiger partial charge < -0.3 is 10.4 Å². The number of aliphatic hydroxyl groups is 1. The summed E-state index contributed by atoms with van der Waals surface area (Å²) in [5.41, 5.74) is 2.23. The quantitative estimate of drug-likeness (QED) is 0.698. The summed E-state index contributed by atoms with van der Waals surface area (Å²) in [5, 5.41) is 12.4. The Bertz CT molecular complexity index is 944. The molecule has 7 heteroatoms. The van der Waals surface area contributed by atoms with Crippen molar-refractivity contribution in [1.29, 1.82) is 0 Å². The average molecular weight is 409 g/mol. The fraction of sp³-hybridized carbons (Fsp3) is 0.391. The van der Waals surface area contributed by atoms with Gasteiger partial charge in [-0.25, -0.2) is 4.98 Å². The molecular formula is C23H27N3O4. The van der Waals surface area contributed by atoms with Gasteiger partial charge in [-0.15, -0.1) is 0 Å². The number of carbonyl (C=O) groups is 3. The fourth-order valence-electron chi connectivity index (χ4n) is 3.76. The number of benzene rings is 1. The number of Topliss-reactive ketones (excluding diaryl/α,β-unsaturated/α-hetero) is 1. The van der Waals surface area contributed by atoms with Gasteiger partial charge in [0, 0.05) is 30.5 Å². The molecule has 0 saturated heterocycles. The number of carbonyl (C=O) groups excluding carboxylic acids is 3. The Hall–Kier alpha value is -3.06. The van der Waals surface area contributed by atoms with E-state index >= 15 is 0 Å². The minimum absolute atomic E-state index is 0.0336. The molecule has 7 nitrogen and oxygen atoms in total. The molecule has 2 atom stereocenters. The van der Waals surface area contributed by atoms with E-state index in [1.807, 2.05) is 37.3 Å². The number of hydrogen-bond donors (Lipinski definition) is 2. The molecule has 0 spiro atoms. The Balaban J connectivity index is 1.97. The molecule has 0 fully saturated rings. The maximum absolute atomic E-state index is 13.4. The zero-order chi connectivity index (χ0) is 21.7. The summed E-state index contributed by atoms with van der Waals surface area (Å²) in [6, 6.07) is 10.1. The highest BCUT2D eigenvalue weighted by atomic mass is 16.3. The number of hydrogen-bond acceptors (Lipinski definition) is 5. The van der Waals surface area contributed by atoms with E-state index < -0.39 is 12.0 Å². The second kappa shape index (κ2) is 9.63. The van der Waals surface area contributed by atoms with Crippen molar-refractivity contribution < 1.29 is 19.5 Å². The second-order valence-corrected chi connectivity index (χ2v) is 7.51. The molecule has 2 amide bonds. The number of aliphatic hydroxyl groups excluding tert-OH is 1. The predicted molar refractivity (Wildman–Crippen MR) is 114 cm³/mol. The summed E-state index contributed by atoms with van der Waals surface area (Å²) in [5.74, 6) is -0.776. The Morgan fingerprint density at radius 2 is 1.93 bits per heavy atom. The molecule has 2 heterocycles. The smallest absolute Gasteiger partial charge is 0.255 e. The Kier molecular flexibility index (Phi) is 6.95. The summed E-state index contributed by atoms with van der Waals surface area (Å²) in [6.07, 6.45) is 2.92. The van der Waals surface area contributed by atoms with Gasteiger partial charge >= 0.3 is 0 Å². The SMILES string of the molecule is CCCC(=O)C[C@@H](C)C(=O)N[C@@H]1C(=O)N(CCO)c2ncccc2-c2ccccc21. The van der Waals surface area contributed by atoms with Crippen LogP contribution < -0.4 is 10.2 Å². The number of nitrogens with one attached hydrogen (secondary N) is 1. The third-order valence-electron chi connectivity index (χ3n) is 5.24. The van der Waals surface area contributed by atoms with Gasteiger partial charge in [-0.3, -0.25) is 19.3 Å². The number of nitrogens with zero attached hydrogens (tertiary/aromatic N) is 2. The van der Waals surface area contributed by atoms with Gasteiger partial charge in [-0.05, 0) is 29.7 Å². The van der Waals surface area contributed by atoms with Crippen molar-refractivity contribution in [1.82, 2.24) is 10.3 Å². The van der Waals surface area contributed by atoms with Crippen molar-refractivity contribution in [2.24, 2.45) is 5.92 Å². The molecule has 2 N–H and O–H groups in total. The van der Waals surface area contributed by atoms with E-state index in [1.54, 1.807) is 19.2 Å². The average Bonchev–Trinajstić information content (AvgIpc) is 2.83. The van der Waals surface area contributed by atoms with E-state index in [9.17, 15) is 19.5 Å². The van der Waals surface area contributed by atoms with Crippen molar-refractivity contribution in [2.45, 2.75) is 39.2 Å². The topological polar surface area (TPSA) is 99.6 Å². The third kappa shape index (κ3) is 4.41. The molecule has 0 saturated carbocycles. The van der Waals surface area contributed by atoms with Crippen molar-refractivity contribution in [3.63, 3.8) is 0 Å². The Morgan fingerprint density at radius 3 is 2.67 bits per heavy atom. The molecule has 2 aromatic rings. The van der Waals surface area contributed by atoms with E-state index in [2.05, 4.69) is 10.3 Å². The van der Waals surface area contributed by atoms with Crippen LogP contribution in [0, 0.1) is 5.92 Å². The zero-order valence-corrected chi connectivity index (χ0v) is 17.3. The number of anilines is 1. The Morgan fingerprint density at radius 1 is 1.20 bits per heavy atom. The van der Waals surface area contributed by atoms with E-state index in [0.29, 0.717) is 17.8 Å². The third-order valence-corrected chi connectivity index (χ3v) is 5.24. The standard InChI is InChI=1S/C23H27N3O4/c1-3-7-16(28)14-15(2)22(29)25-20-18-9-5-4-8-17(18)19-10-6-11-24-21(19)26(12-13-27)23(20)30/h4-6,8-11,15,20,27H,3,7,12-14H2,1-2H3,(H,25,29)/t15-,20+/m1/s1. The van der Waals surface area contributed by atoms with Crippen LogP contribution in [-0.4, -0.2) is 40.8 Å². The molecule has 1 aromatic carbocycles. The highest BCUT2D eigenvalue weighted by Gasteiger charge is 2.36. The van der Waals surface area contributed by atoms with Crippen LogP contribution in [0.4, 0.5) is 5.82 Å². The first-order valence-electron chi connectivity index (χ1n) is 10.3. The first-order valence-corrected chi connectivity index (χ1v) is 10.3. The minimum atomic E-state index is -0.932. The van der Waals surface area contributed by atoms with Crippen LogP contribution in [0.2, 0.25) is 0 Å². The minimum Gasteiger partial charge on any atom is -0.395 e. The van der Waals surface area contributed by atoms with Crippen molar-refractivity contribution >= 4 is 23.4 Å². The van der Waals surface area contributed by atoms with Crippen LogP contribution in [0.3, 0.4) is 0 Å². The van der Waals surface area contributed by atoms with Crippen LogP contribution in [-0.2, 0) is 14.4 Å². The van der Waals surface area contributed by atoms with Crippen molar-refractivity contribution in [3.8, 4) is 11.1 Å². The molecule has 3 rings (SSSR count). The van der Waals surface area contributed by atoms with Crippen LogP contribution in [0.1, 0.15) is 44.7 Å². The van der Waals surface area contributed by atoms with E-state index in [-0.39, 0.29) is 37.2 Å². The molecule has 0 radical (unpaired) electrons. The van der Waals surface area contributed by atoms with Gasteiger partial charge in [0.25, 0.3) is 5.91 Å². The number of β-amino-alcohol motifs (C(OH)–C–C–N with tert-alkyl or cyclic N) is 1. The zero-order valence-electron chi connectivity index (χ0n) is 17.3. The lowest BCUT2D eigenvalue weighted by Crippen LogP contribution is -2.45. The maximum Gasteiger partial charge on any atom is 0.255 e. The number of ketones is 1. The molecule has 1 aliphatic rings. The molecule has 30 heavy (non-hydrogen) atoms. The van der Waals surface area contributed by atoms with Gasteiger partial charge in [0.1, 0.15) is 17.6 Å². The molecule has 0 unspecified atom stereocenters. The van der Waals surface area contributed by atoms with Gasteiger partial charge in [0.15, 0.2) is 0 Å². The van der Waals surface area contributed by atoms with Crippen molar-refractivity contribution in [2.75, 3.05) is 18.1 Å². The summed E-state index contributed by atoms with van der Waals surface area (Å²) < 4.78 is 0. The first-order chi connectivity index (χ1) is 14.5. The molecule has 0 aliphatic carbocycles. The molecule has 158 valence electrons. The largest absolute Gasteiger partial charge is 0.395 e. The number of aromatic nitrogens is 1. The number of fused-ring (bicyclic) bond motifs is 3. The van der Waals surface area contributed by atoms with E-state index in [1.165, 1.54) is 4.90 Å². The first kappa shape index (κ1) is 21.6. The molecular weight excluding hydrogens is 382 g/mol. The summed E-state index contributed by atoms with van der Waals surface area (Å²) in [7, 11) is 0. The van der Waals surface area contributed by atoms with E-state index in [4.69, 9.17) is 0 Å². The number of rotatable bonds is 8. The van der Waals surface area contributed by atoms with Gasteiger partial charge in [0.05, 0.1) is 13.2 Å². The van der Waals surface area contributed by atoms with Crippen LogP contribution in [0.5, 0.6) is 0 Å². The summed E-state index contributed by atoms with van der Waals surface area (Å²) in [4.78, 5) is 44.0. The molecule has 0 bridgehead atoms. The molecule has 1 aromatic heterocycles. The van der Waals surface area contributed by atoms with Gasteiger partial charge in [-0.1, -0.05) is 38.1 Å². The second-order valence-electron chi connectivity index (χ2n) is 7.51. The predicted octanol–water partition coefficient (Wildman–Crippen LogP) is 2.64. The highest BCUT2D eigenvalue weighted by Crippen LogP contribution is 2.38. The maximum atomic E-state index is 13.4. The summed E-state index contributed by atoms with van der Waals surface area (Å²) >= 11 is 0. The molecule has 1 aliphatic heterocycles. The van der Waals surface area contributed by atoms with Crippen LogP contribution >= 0.6 is 0 Å². The summed E-state index contributed by atoms with van der Waals surface area (Å²) in [6.45, 7) is 3.44. The van der Waals surface area contributed by atoms with Crippen molar-refractivity contribution in [3.05, 3.63) is 48.2 Å². The monoisotopic (exact) mass is 409 g/mol. The lowest BCUT2D eigenvalue weighted by atomic mass is 9.95. The fourth-order valence-corrected chi connectivity index (χ4v) is 3.76. The lowest BCUT2D eigenvalue weighted by molar-refractivity contribution is -0.132.